The maximum Gasteiger partial charge on any atom is 0.339 e. The first kappa shape index (κ1) is 12.7. The molecule has 2 aromatic heterocycles. The fourth-order valence-electron chi connectivity index (χ4n) is 1.42. The Morgan fingerprint density at radius 2 is 2.28 bits per heavy atom. The maximum absolute atomic E-state index is 11.2. The van der Waals surface area contributed by atoms with Crippen molar-refractivity contribution in [3.05, 3.63) is 47.7 Å². The fraction of sp³-hybridized carbons (Fsp3) is 0.231. The number of carbonyl (C=O) groups is 1. The van der Waals surface area contributed by atoms with Crippen molar-refractivity contribution in [2.45, 2.75) is 17.6 Å². The monoisotopic (exact) mass is 263 g/mol. The van der Waals surface area contributed by atoms with Crippen LogP contribution in [0, 0.1) is 6.92 Å². The van der Waals surface area contributed by atoms with Crippen molar-refractivity contribution in [1.29, 1.82) is 0 Å². The number of pyridine rings is 1. The summed E-state index contributed by atoms with van der Waals surface area (Å²) in [5.41, 5.74) is 1.37. The summed E-state index contributed by atoms with van der Waals surface area (Å²) in [6.45, 7) is 1.93. The van der Waals surface area contributed by atoms with Crippen molar-refractivity contribution in [1.82, 2.24) is 4.98 Å². The summed E-state index contributed by atoms with van der Waals surface area (Å²) in [5, 5.41) is 0. The van der Waals surface area contributed by atoms with E-state index in [-0.39, 0.29) is 5.97 Å². The second-order valence-electron chi connectivity index (χ2n) is 3.66. The summed E-state index contributed by atoms with van der Waals surface area (Å²) >= 11 is 1.65. The Hall–Kier alpha value is -1.75. The average molecular weight is 263 g/mol. The van der Waals surface area contributed by atoms with Crippen molar-refractivity contribution in [3.8, 4) is 0 Å². The molecule has 0 bridgehead atoms. The quantitative estimate of drug-likeness (QED) is 0.626. The van der Waals surface area contributed by atoms with Gasteiger partial charge in [-0.2, -0.15) is 0 Å². The highest BCUT2D eigenvalue weighted by Crippen LogP contribution is 2.25. The van der Waals surface area contributed by atoms with Gasteiger partial charge in [-0.05, 0) is 25.1 Å². The molecule has 2 aromatic rings. The molecule has 0 saturated carbocycles. The first-order valence-corrected chi connectivity index (χ1v) is 6.39. The molecule has 0 aliphatic carbocycles. The number of carbonyl (C=O) groups excluding carboxylic acids is 1. The molecule has 0 aliphatic heterocycles. The van der Waals surface area contributed by atoms with Gasteiger partial charge in [-0.1, -0.05) is 0 Å². The number of thioether (sulfide) groups is 1. The molecule has 0 atom stereocenters. The van der Waals surface area contributed by atoms with Crippen LogP contribution < -0.4 is 0 Å². The molecule has 94 valence electrons. The van der Waals surface area contributed by atoms with Crippen molar-refractivity contribution in [3.63, 3.8) is 0 Å². The minimum absolute atomic E-state index is 0.368. The molecule has 0 radical (unpaired) electrons. The Bertz CT molecular complexity index is 533. The van der Waals surface area contributed by atoms with Crippen LogP contribution >= 0.6 is 11.8 Å². The standard InChI is InChI=1S/C13H13NO3S/c1-9-12(5-6-17-9)18-8-11-4-3-10(7-14-11)13(15)16-2/h3-7H,8H2,1-2H3. The molecule has 5 heteroatoms. The van der Waals surface area contributed by atoms with Crippen molar-refractivity contribution < 1.29 is 13.9 Å². The third-order valence-electron chi connectivity index (χ3n) is 2.43. The largest absolute Gasteiger partial charge is 0.468 e. The Kier molecular flexibility index (Phi) is 4.04. The fourth-order valence-corrected chi connectivity index (χ4v) is 2.30. The van der Waals surface area contributed by atoms with Gasteiger partial charge in [0.15, 0.2) is 0 Å². The average Bonchev–Trinajstić information content (AvgIpc) is 2.81. The summed E-state index contributed by atoms with van der Waals surface area (Å²) in [4.78, 5) is 16.6. The van der Waals surface area contributed by atoms with Crippen LogP contribution in [0.1, 0.15) is 21.8 Å². The number of aromatic nitrogens is 1. The molecule has 0 fully saturated rings. The second kappa shape index (κ2) is 5.73. The van der Waals surface area contributed by atoms with Gasteiger partial charge in [0.2, 0.25) is 0 Å². The van der Waals surface area contributed by atoms with Gasteiger partial charge in [-0.3, -0.25) is 4.98 Å². The van der Waals surface area contributed by atoms with E-state index in [1.54, 1.807) is 24.1 Å². The molecule has 2 heterocycles. The number of rotatable bonds is 4. The van der Waals surface area contributed by atoms with Crippen LogP contribution in [0.3, 0.4) is 0 Å². The smallest absolute Gasteiger partial charge is 0.339 e. The zero-order chi connectivity index (χ0) is 13.0. The molecule has 0 amide bonds. The van der Waals surface area contributed by atoms with E-state index >= 15 is 0 Å². The van der Waals surface area contributed by atoms with E-state index in [0.29, 0.717) is 5.56 Å². The van der Waals surface area contributed by atoms with Crippen molar-refractivity contribution in [2.75, 3.05) is 7.11 Å². The van der Waals surface area contributed by atoms with Crippen LogP contribution in [-0.2, 0) is 10.5 Å². The van der Waals surface area contributed by atoms with Gasteiger partial charge in [-0.25, -0.2) is 4.79 Å². The highest BCUT2D eigenvalue weighted by Gasteiger charge is 2.07. The molecule has 0 unspecified atom stereocenters. The predicted molar refractivity (Wildman–Crippen MR) is 68.6 cm³/mol. The first-order chi connectivity index (χ1) is 8.70. The highest BCUT2D eigenvalue weighted by molar-refractivity contribution is 7.98. The molecule has 0 aromatic carbocycles. The van der Waals surface area contributed by atoms with Crippen LogP contribution in [0.4, 0.5) is 0 Å². The number of nitrogens with zero attached hydrogens (tertiary/aromatic N) is 1. The Balaban J connectivity index is 1.98. The lowest BCUT2D eigenvalue weighted by atomic mass is 10.2. The minimum atomic E-state index is -0.368. The third-order valence-corrected chi connectivity index (χ3v) is 3.61. The number of aryl methyl sites for hydroxylation is 1. The molecule has 18 heavy (non-hydrogen) atoms. The predicted octanol–water partition coefficient (Wildman–Crippen LogP) is 3.06. The van der Waals surface area contributed by atoms with Gasteiger partial charge in [0, 0.05) is 16.8 Å². The van der Waals surface area contributed by atoms with E-state index in [4.69, 9.17) is 4.42 Å². The molecule has 4 nitrogen and oxygen atoms in total. The van der Waals surface area contributed by atoms with E-state index in [0.717, 1.165) is 22.1 Å². The summed E-state index contributed by atoms with van der Waals surface area (Å²) in [5.74, 6) is 1.28. The Morgan fingerprint density at radius 1 is 1.44 bits per heavy atom. The molecular weight excluding hydrogens is 250 g/mol. The minimum Gasteiger partial charge on any atom is -0.468 e. The van der Waals surface area contributed by atoms with Gasteiger partial charge < -0.3 is 9.15 Å². The lowest BCUT2D eigenvalue weighted by Gasteiger charge is -2.02. The molecule has 0 saturated heterocycles. The maximum atomic E-state index is 11.2. The van der Waals surface area contributed by atoms with E-state index in [1.807, 2.05) is 19.1 Å². The molecule has 0 spiro atoms. The number of hydrogen-bond acceptors (Lipinski definition) is 5. The van der Waals surface area contributed by atoms with Crippen LogP contribution in [-0.4, -0.2) is 18.1 Å². The molecular formula is C13H13NO3S. The zero-order valence-corrected chi connectivity index (χ0v) is 11.0. The molecule has 0 aliphatic rings. The van der Waals surface area contributed by atoms with Crippen LogP contribution in [0.2, 0.25) is 0 Å². The molecule has 2 rings (SSSR count). The van der Waals surface area contributed by atoms with Gasteiger partial charge >= 0.3 is 5.97 Å². The van der Waals surface area contributed by atoms with Gasteiger partial charge in [0.05, 0.1) is 24.6 Å². The highest BCUT2D eigenvalue weighted by atomic mass is 32.2. The summed E-state index contributed by atoms with van der Waals surface area (Å²) < 4.78 is 9.83. The lowest BCUT2D eigenvalue weighted by Crippen LogP contribution is -2.02. The Morgan fingerprint density at radius 3 is 2.83 bits per heavy atom. The zero-order valence-electron chi connectivity index (χ0n) is 10.2. The van der Waals surface area contributed by atoms with Crippen LogP contribution in [0.25, 0.3) is 0 Å². The lowest BCUT2D eigenvalue weighted by molar-refractivity contribution is 0.0600. The summed E-state index contributed by atoms with van der Waals surface area (Å²) in [6, 6.07) is 5.48. The first-order valence-electron chi connectivity index (χ1n) is 5.41. The third kappa shape index (κ3) is 2.92. The van der Waals surface area contributed by atoms with Gasteiger partial charge in [-0.15, -0.1) is 11.8 Å². The van der Waals surface area contributed by atoms with Crippen molar-refractivity contribution in [2.24, 2.45) is 0 Å². The number of ether oxygens (including phenoxy) is 1. The summed E-state index contributed by atoms with van der Waals surface area (Å²) in [7, 11) is 1.35. The Labute approximate surface area is 109 Å². The summed E-state index contributed by atoms with van der Waals surface area (Å²) in [6.07, 6.45) is 3.20. The molecule has 0 N–H and O–H groups in total. The van der Waals surface area contributed by atoms with E-state index in [2.05, 4.69) is 9.72 Å². The van der Waals surface area contributed by atoms with E-state index in [1.165, 1.54) is 13.3 Å². The SMILES string of the molecule is COC(=O)c1ccc(CSc2ccoc2C)nc1. The number of furan rings is 1. The van der Waals surface area contributed by atoms with Crippen LogP contribution in [0.15, 0.2) is 40.0 Å². The van der Waals surface area contributed by atoms with Crippen LogP contribution in [0.5, 0.6) is 0 Å². The van der Waals surface area contributed by atoms with Gasteiger partial charge in [0.1, 0.15) is 5.76 Å². The topological polar surface area (TPSA) is 52.3 Å². The van der Waals surface area contributed by atoms with Gasteiger partial charge in [0.25, 0.3) is 0 Å². The normalized spacial score (nSPS) is 10.3. The number of esters is 1. The van der Waals surface area contributed by atoms with E-state index < -0.39 is 0 Å². The van der Waals surface area contributed by atoms with Crippen molar-refractivity contribution >= 4 is 17.7 Å². The van der Waals surface area contributed by atoms with E-state index in [9.17, 15) is 4.79 Å². The second-order valence-corrected chi connectivity index (χ2v) is 4.68. The number of hydrogen-bond donors (Lipinski definition) is 0. The number of methoxy groups -OCH3 is 1.